The van der Waals surface area contributed by atoms with Gasteiger partial charge in [0.2, 0.25) is 0 Å². The van der Waals surface area contributed by atoms with E-state index in [0.717, 1.165) is 23.2 Å². The predicted octanol–water partition coefficient (Wildman–Crippen LogP) is 2.92. The maximum absolute atomic E-state index is 10.2. The SMILES string of the molecule is CCc1cccnc1C(O)Cc1ccccc1. The second kappa shape index (κ2) is 5.60. The average Bonchev–Trinajstić information content (AvgIpc) is 2.40. The number of pyridine rings is 1. The van der Waals surface area contributed by atoms with Crippen molar-refractivity contribution in [3.63, 3.8) is 0 Å². The van der Waals surface area contributed by atoms with Crippen LogP contribution >= 0.6 is 0 Å². The lowest BCUT2D eigenvalue weighted by Gasteiger charge is -2.13. The highest BCUT2D eigenvalue weighted by molar-refractivity contribution is 5.24. The molecule has 0 saturated heterocycles. The molecule has 2 rings (SSSR count). The van der Waals surface area contributed by atoms with Crippen molar-refractivity contribution in [1.29, 1.82) is 0 Å². The number of aliphatic hydroxyl groups excluding tert-OH is 1. The molecule has 17 heavy (non-hydrogen) atoms. The van der Waals surface area contributed by atoms with Gasteiger partial charge in [-0.25, -0.2) is 0 Å². The van der Waals surface area contributed by atoms with Crippen LogP contribution in [0.15, 0.2) is 48.7 Å². The number of nitrogens with zero attached hydrogens (tertiary/aromatic N) is 1. The normalized spacial score (nSPS) is 12.4. The molecule has 0 aliphatic rings. The molecule has 0 spiro atoms. The molecule has 0 aliphatic carbocycles. The molecule has 1 heterocycles. The summed E-state index contributed by atoms with van der Waals surface area (Å²) in [4.78, 5) is 4.30. The Balaban J connectivity index is 2.17. The Labute approximate surface area is 102 Å². The van der Waals surface area contributed by atoms with Gasteiger partial charge in [0.05, 0.1) is 5.69 Å². The van der Waals surface area contributed by atoms with Crippen LogP contribution in [0.4, 0.5) is 0 Å². The first kappa shape index (κ1) is 11.8. The smallest absolute Gasteiger partial charge is 0.100 e. The van der Waals surface area contributed by atoms with Crippen molar-refractivity contribution in [3.05, 3.63) is 65.5 Å². The van der Waals surface area contributed by atoms with Crippen LogP contribution < -0.4 is 0 Å². The Morgan fingerprint density at radius 3 is 2.59 bits per heavy atom. The fourth-order valence-corrected chi connectivity index (χ4v) is 1.98. The first-order chi connectivity index (χ1) is 8.31. The molecule has 2 heteroatoms. The Bertz CT molecular complexity index is 467. The molecule has 2 aromatic rings. The molecule has 0 aliphatic heterocycles. The number of benzene rings is 1. The highest BCUT2D eigenvalue weighted by Gasteiger charge is 2.13. The molecule has 0 amide bonds. The summed E-state index contributed by atoms with van der Waals surface area (Å²) in [6.45, 7) is 2.08. The number of aryl methyl sites for hydroxylation is 1. The molecule has 2 nitrogen and oxygen atoms in total. The van der Waals surface area contributed by atoms with Crippen molar-refractivity contribution in [2.24, 2.45) is 0 Å². The van der Waals surface area contributed by atoms with Crippen molar-refractivity contribution < 1.29 is 5.11 Å². The van der Waals surface area contributed by atoms with Crippen molar-refractivity contribution >= 4 is 0 Å². The van der Waals surface area contributed by atoms with Gasteiger partial charge in [0.1, 0.15) is 6.10 Å². The van der Waals surface area contributed by atoms with E-state index in [4.69, 9.17) is 0 Å². The zero-order valence-electron chi connectivity index (χ0n) is 10.0. The molecule has 0 bridgehead atoms. The van der Waals surface area contributed by atoms with Gasteiger partial charge in [-0.2, -0.15) is 0 Å². The first-order valence-corrected chi connectivity index (χ1v) is 5.97. The lowest BCUT2D eigenvalue weighted by molar-refractivity contribution is 0.172. The lowest BCUT2D eigenvalue weighted by atomic mass is 10.0. The van der Waals surface area contributed by atoms with E-state index in [1.807, 2.05) is 42.5 Å². The quantitative estimate of drug-likeness (QED) is 0.871. The number of rotatable bonds is 4. The van der Waals surface area contributed by atoms with Crippen LogP contribution in [0.25, 0.3) is 0 Å². The molecule has 1 aromatic heterocycles. The second-order valence-corrected chi connectivity index (χ2v) is 4.11. The summed E-state index contributed by atoms with van der Waals surface area (Å²) in [5.41, 5.74) is 3.06. The molecular weight excluding hydrogens is 210 g/mol. The second-order valence-electron chi connectivity index (χ2n) is 4.11. The topological polar surface area (TPSA) is 33.1 Å². The maximum atomic E-state index is 10.2. The van der Waals surface area contributed by atoms with Gasteiger partial charge in [0, 0.05) is 12.6 Å². The van der Waals surface area contributed by atoms with E-state index in [0.29, 0.717) is 6.42 Å². The molecule has 1 atom stereocenters. The molecule has 1 aromatic carbocycles. The van der Waals surface area contributed by atoms with Crippen molar-refractivity contribution in [2.75, 3.05) is 0 Å². The van der Waals surface area contributed by atoms with Crippen LogP contribution in [0.2, 0.25) is 0 Å². The number of aromatic nitrogens is 1. The van der Waals surface area contributed by atoms with E-state index in [-0.39, 0.29) is 0 Å². The molecule has 88 valence electrons. The van der Waals surface area contributed by atoms with Crippen LogP contribution in [0.1, 0.15) is 29.8 Å². The Morgan fingerprint density at radius 1 is 1.12 bits per heavy atom. The van der Waals surface area contributed by atoms with Crippen LogP contribution in [-0.4, -0.2) is 10.1 Å². The van der Waals surface area contributed by atoms with Crippen LogP contribution in [0.5, 0.6) is 0 Å². The minimum atomic E-state index is -0.520. The third-order valence-electron chi connectivity index (χ3n) is 2.89. The molecule has 0 fully saturated rings. The average molecular weight is 227 g/mol. The third-order valence-corrected chi connectivity index (χ3v) is 2.89. The van der Waals surface area contributed by atoms with Gasteiger partial charge in [0.25, 0.3) is 0 Å². The fourth-order valence-electron chi connectivity index (χ4n) is 1.98. The monoisotopic (exact) mass is 227 g/mol. The minimum Gasteiger partial charge on any atom is -0.386 e. The van der Waals surface area contributed by atoms with Crippen molar-refractivity contribution in [1.82, 2.24) is 4.98 Å². The first-order valence-electron chi connectivity index (χ1n) is 5.97. The summed E-state index contributed by atoms with van der Waals surface area (Å²) in [6, 6.07) is 13.9. The van der Waals surface area contributed by atoms with Crippen LogP contribution in [-0.2, 0) is 12.8 Å². The molecule has 0 radical (unpaired) electrons. The van der Waals surface area contributed by atoms with Gasteiger partial charge in [-0.05, 0) is 23.6 Å². The summed E-state index contributed by atoms with van der Waals surface area (Å²) >= 11 is 0. The number of hydrogen-bond donors (Lipinski definition) is 1. The van der Waals surface area contributed by atoms with E-state index < -0.39 is 6.10 Å². The molecule has 0 saturated carbocycles. The lowest BCUT2D eigenvalue weighted by Crippen LogP contribution is -2.07. The van der Waals surface area contributed by atoms with Gasteiger partial charge in [-0.15, -0.1) is 0 Å². The number of aliphatic hydroxyl groups is 1. The summed E-state index contributed by atoms with van der Waals surface area (Å²) in [5, 5.41) is 10.2. The van der Waals surface area contributed by atoms with Gasteiger partial charge >= 0.3 is 0 Å². The predicted molar refractivity (Wildman–Crippen MR) is 68.7 cm³/mol. The van der Waals surface area contributed by atoms with Crippen molar-refractivity contribution in [3.8, 4) is 0 Å². The Hall–Kier alpha value is -1.67. The maximum Gasteiger partial charge on any atom is 0.100 e. The van der Waals surface area contributed by atoms with E-state index >= 15 is 0 Å². The molecule has 1 N–H and O–H groups in total. The van der Waals surface area contributed by atoms with Gasteiger partial charge < -0.3 is 5.11 Å². The molecular formula is C15H17NO. The third kappa shape index (κ3) is 2.92. The van der Waals surface area contributed by atoms with Crippen molar-refractivity contribution in [2.45, 2.75) is 25.9 Å². The number of hydrogen-bond acceptors (Lipinski definition) is 2. The highest BCUT2D eigenvalue weighted by atomic mass is 16.3. The largest absolute Gasteiger partial charge is 0.386 e. The summed E-state index contributed by atoms with van der Waals surface area (Å²) in [5.74, 6) is 0. The Morgan fingerprint density at radius 2 is 1.88 bits per heavy atom. The van der Waals surface area contributed by atoms with E-state index in [9.17, 15) is 5.11 Å². The van der Waals surface area contributed by atoms with E-state index in [1.54, 1.807) is 6.20 Å². The standard InChI is InChI=1S/C15H17NO/c1-2-13-9-6-10-16-15(13)14(17)11-12-7-4-3-5-8-12/h3-10,14,17H,2,11H2,1H3. The highest BCUT2D eigenvalue weighted by Crippen LogP contribution is 2.20. The summed E-state index contributed by atoms with van der Waals surface area (Å²) in [7, 11) is 0. The van der Waals surface area contributed by atoms with Gasteiger partial charge in [-0.3, -0.25) is 4.98 Å². The zero-order valence-corrected chi connectivity index (χ0v) is 10.0. The Kier molecular flexibility index (Phi) is 3.89. The van der Waals surface area contributed by atoms with Crippen LogP contribution in [0, 0.1) is 0 Å². The van der Waals surface area contributed by atoms with E-state index in [2.05, 4.69) is 11.9 Å². The molecule has 1 unspecified atom stereocenters. The van der Waals surface area contributed by atoms with Gasteiger partial charge in [0.15, 0.2) is 0 Å². The van der Waals surface area contributed by atoms with Gasteiger partial charge in [-0.1, -0.05) is 43.3 Å². The minimum absolute atomic E-state index is 0.520. The zero-order chi connectivity index (χ0) is 12.1. The fraction of sp³-hybridized carbons (Fsp3) is 0.267. The van der Waals surface area contributed by atoms with Crippen LogP contribution in [0.3, 0.4) is 0 Å². The summed E-state index contributed by atoms with van der Waals surface area (Å²) in [6.07, 6.45) is 2.73. The van der Waals surface area contributed by atoms with E-state index in [1.165, 1.54) is 0 Å². The summed E-state index contributed by atoms with van der Waals surface area (Å²) < 4.78 is 0.